The smallest absolute Gasteiger partial charge is 0.146 e. The number of para-hydroxylation sites is 1. The quantitative estimate of drug-likeness (QED) is 0.181. The van der Waals surface area contributed by atoms with E-state index in [9.17, 15) is 0 Å². The van der Waals surface area contributed by atoms with E-state index < -0.39 is 0 Å². The van der Waals surface area contributed by atoms with E-state index in [1.165, 1.54) is 0 Å². The molecule has 0 aliphatic carbocycles. The van der Waals surface area contributed by atoms with Gasteiger partial charge in [-0.2, -0.15) is 5.10 Å². The lowest BCUT2D eigenvalue weighted by molar-refractivity contribution is 0.302. The van der Waals surface area contributed by atoms with Gasteiger partial charge in [-0.15, -0.1) is 0 Å². The largest absolute Gasteiger partial charge is 0.496 e. The minimum Gasteiger partial charge on any atom is -0.496 e. The molecule has 0 unspecified atom stereocenters. The summed E-state index contributed by atoms with van der Waals surface area (Å²) in [6, 6.07) is 19.7. The van der Waals surface area contributed by atoms with Crippen molar-refractivity contribution in [3.8, 4) is 11.5 Å². The minimum absolute atomic E-state index is 0.430. The zero-order chi connectivity index (χ0) is 20.6. The van der Waals surface area contributed by atoms with Gasteiger partial charge in [0.2, 0.25) is 0 Å². The Labute approximate surface area is 202 Å². The maximum absolute atomic E-state index is 6.21. The Morgan fingerprint density at radius 2 is 1.66 bits per heavy atom. The van der Waals surface area contributed by atoms with Crippen molar-refractivity contribution in [2.24, 2.45) is 5.10 Å². The average molecular weight is 633 g/mol. The Balaban J connectivity index is 1.62. The van der Waals surface area contributed by atoms with E-state index in [0.29, 0.717) is 18.2 Å². The topological polar surface area (TPSA) is 42.8 Å². The van der Waals surface area contributed by atoms with Crippen LogP contribution < -0.4 is 14.9 Å². The number of nitrogens with one attached hydrogen (secondary N) is 1. The molecule has 0 aliphatic heterocycles. The van der Waals surface area contributed by atoms with Crippen LogP contribution in [0.15, 0.2) is 65.8 Å². The Bertz CT molecular complexity index is 989. The highest BCUT2D eigenvalue weighted by molar-refractivity contribution is 14.1. The standard InChI is InChI=1S/C22H19ClI2N2O2/c1-28-21-9-5-3-6-16(21)13-27-26-12-15-10-19(24)22(20(25)11-15)29-14-17-7-2-4-8-18(17)23/h2-12,27H,13-14H2,1H3/b26-12+. The molecular weight excluding hydrogens is 614 g/mol. The summed E-state index contributed by atoms with van der Waals surface area (Å²) in [5, 5.41) is 5.04. The molecule has 4 nitrogen and oxygen atoms in total. The molecule has 0 aromatic heterocycles. The Morgan fingerprint density at radius 3 is 2.34 bits per heavy atom. The average Bonchev–Trinajstić information content (AvgIpc) is 2.72. The number of benzene rings is 3. The van der Waals surface area contributed by atoms with Crippen LogP contribution in [0.2, 0.25) is 5.02 Å². The van der Waals surface area contributed by atoms with Gasteiger partial charge in [0.15, 0.2) is 0 Å². The fourth-order valence-corrected chi connectivity index (χ4v) is 4.98. The van der Waals surface area contributed by atoms with Crippen molar-refractivity contribution < 1.29 is 9.47 Å². The van der Waals surface area contributed by atoms with Crippen molar-refractivity contribution in [3.63, 3.8) is 0 Å². The molecule has 0 bridgehead atoms. The monoisotopic (exact) mass is 632 g/mol. The molecule has 1 N–H and O–H groups in total. The van der Waals surface area contributed by atoms with E-state index in [0.717, 1.165) is 35.3 Å². The molecule has 0 amide bonds. The van der Waals surface area contributed by atoms with Gasteiger partial charge in [0.25, 0.3) is 0 Å². The van der Waals surface area contributed by atoms with Gasteiger partial charge in [-0.25, -0.2) is 0 Å². The summed E-state index contributed by atoms with van der Waals surface area (Å²) in [5.41, 5.74) is 6.09. The van der Waals surface area contributed by atoms with Gasteiger partial charge in [0.05, 0.1) is 27.0 Å². The highest BCUT2D eigenvalue weighted by Crippen LogP contribution is 2.30. The van der Waals surface area contributed by atoms with E-state index in [2.05, 4.69) is 55.7 Å². The molecule has 0 atom stereocenters. The number of ether oxygens (including phenoxy) is 2. The number of hydrogen-bond acceptors (Lipinski definition) is 4. The first kappa shape index (κ1) is 22.2. The van der Waals surface area contributed by atoms with Crippen molar-refractivity contribution in [1.29, 1.82) is 0 Å². The predicted molar refractivity (Wildman–Crippen MR) is 135 cm³/mol. The van der Waals surface area contributed by atoms with Crippen LogP contribution in [0.3, 0.4) is 0 Å². The summed E-state index contributed by atoms with van der Waals surface area (Å²) in [6.45, 7) is 1.02. The fourth-order valence-electron chi connectivity index (χ4n) is 2.66. The molecular formula is C22H19ClI2N2O2. The lowest BCUT2D eigenvalue weighted by Gasteiger charge is -2.12. The van der Waals surface area contributed by atoms with Crippen LogP contribution in [0, 0.1) is 7.14 Å². The van der Waals surface area contributed by atoms with Crippen LogP contribution >= 0.6 is 56.8 Å². The van der Waals surface area contributed by atoms with Crippen LogP contribution in [-0.2, 0) is 13.2 Å². The maximum atomic E-state index is 6.21. The SMILES string of the molecule is COc1ccccc1CN/N=C/c1cc(I)c(OCc2ccccc2Cl)c(I)c1. The van der Waals surface area contributed by atoms with Crippen LogP contribution in [0.1, 0.15) is 16.7 Å². The fraction of sp³-hybridized carbons (Fsp3) is 0.136. The number of halogens is 3. The maximum Gasteiger partial charge on any atom is 0.146 e. The second-order valence-electron chi connectivity index (χ2n) is 6.10. The number of nitrogens with zero attached hydrogens (tertiary/aromatic N) is 1. The summed E-state index contributed by atoms with van der Waals surface area (Å²) in [5.74, 6) is 1.70. The summed E-state index contributed by atoms with van der Waals surface area (Å²) in [4.78, 5) is 0. The third kappa shape index (κ3) is 6.23. The van der Waals surface area contributed by atoms with Crippen molar-refractivity contribution in [1.82, 2.24) is 5.43 Å². The number of hydrogen-bond donors (Lipinski definition) is 1. The Morgan fingerprint density at radius 1 is 1.00 bits per heavy atom. The molecule has 3 aromatic rings. The van der Waals surface area contributed by atoms with E-state index in [1.807, 2.05) is 60.7 Å². The highest BCUT2D eigenvalue weighted by atomic mass is 127. The van der Waals surface area contributed by atoms with E-state index in [-0.39, 0.29) is 0 Å². The molecule has 0 spiro atoms. The van der Waals surface area contributed by atoms with E-state index in [1.54, 1.807) is 13.3 Å². The lowest BCUT2D eigenvalue weighted by Crippen LogP contribution is -2.07. The molecule has 3 rings (SSSR count). The van der Waals surface area contributed by atoms with Crippen LogP contribution in [-0.4, -0.2) is 13.3 Å². The Kier molecular flexibility index (Phi) is 8.43. The van der Waals surface area contributed by atoms with Gasteiger partial charge < -0.3 is 14.9 Å². The normalized spacial score (nSPS) is 10.9. The molecule has 7 heteroatoms. The van der Waals surface area contributed by atoms with Gasteiger partial charge in [0, 0.05) is 16.1 Å². The molecule has 0 radical (unpaired) electrons. The second-order valence-corrected chi connectivity index (χ2v) is 8.83. The van der Waals surface area contributed by atoms with Crippen molar-refractivity contribution >= 4 is 63.0 Å². The van der Waals surface area contributed by atoms with E-state index >= 15 is 0 Å². The summed E-state index contributed by atoms with van der Waals surface area (Å²) in [6.07, 6.45) is 1.80. The third-order valence-electron chi connectivity index (χ3n) is 4.12. The zero-order valence-electron chi connectivity index (χ0n) is 15.7. The van der Waals surface area contributed by atoms with Crippen LogP contribution in [0.4, 0.5) is 0 Å². The molecule has 150 valence electrons. The highest BCUT2D eigenvalue weighted by Gasteiger charge is 2.10. The number of hydrazone groups is 1. The Hall–Kier alpha value is -1.52. The molecule has 0 saturated carbocycles. The first-order valence-electron chi connectivity index (χ1n) is 8.81. The van der Waals surface area contributed by atoms with Crippen molar-refractivity contribution in [2.45, 2.75) is 13.2 Å². The van der Waals surface area contributed by atoms with Crippen molar-refractivity contribution in [2.75, 3.05) is 7.11 Å². The second kappa shape index (κ2) is 11.0. The molecule has 3 aromatic carbocycles. The van der Waals surface area contributed by atoms with Gasteiger partial charge in [-0.3, -0.25) is 0 Å². The molecule has 0 saturated heterocycles. The van der Waals surface area contributed by atoms with Gasteiger partial charge in [-0.05, 0) is 75.0 Å². The third-order valence-corrected chi connectivity index (χ3v) is 6.09. The van der Waals surface area contributed by atoms with E-state index in [4.69, 9.17) is 21.1 Å². The number of rotatable bonds is 8. The molecule has 0 aliphatic rings. The predicted octanol–water partition coefficient (Wildman–Crippen LogP) is 6.26. The zero-order valence-corrected chi connectivity index (χ0v) is 20.7. The molecule has 0 heterocycles. The lowest BCUT2D eigenvalue weighted by atomic mass is 10.2. The summed E-state index contributed by atoms with van der Waals surface area (Å²) < 4.78 is 13.4. The van der Waals surface area contributed by atoms with Gasteiger partial charge >= 0.3 is 0 Å². The minimum atomic E-state index is 0.430. The van der Waals surface area contributed by atoms with Crippen LogP contribution in [0.25, 0.3) is 0 Å². The number of methoxy groups -OCH3 is 1. The molecule has 29 heavy (non-hydrogen) atoms. The first-order valence-corrected chi connectivity index (χ1v) is 11.3. The molecule has 0 fully saturated rings. The summed E-state index contributed by atoms with van der Waals surface area (Å²) in [7, 11) is 1.67. The van der Waals surface area contributed by atoms with Crippen molar-refractivity contribution in [3.05, 3.63) is 89.5 Å². The van der Waals surface area contributed by atoms with Crippen LogP contribution in [0.5, 0.6) is 11.5 Å². The first-order chi connectivity index (χ1) is 14.1. The van der Waals surface area contributed by atoms with Gasteiger partial charge in [-0.1, -0.05) is 48.0 Å². The summed E-state index contributed by atoms with van der Waals surface area (Å²) >= 11 is 10.8. The van der Waals surface area contributed by atoms with Gasteiger partial charge in [0.1, 0.15) is 18.1 Å².